The van der Waals surface area contributed by atoms with Crippen LogP contribution in [0.5, 0.6) is 5.75 Å². The zero-order chi connectivity index (χ0) is 23.3. The normalized spacial score (nSPS) is 23.3. The van der Waals surface area contributed by atoms with Crippen LogP contribution in [0.4, 0.5) is 11.4 Å². The van der Waals surface area contributed by atoms with Crippen molar-refractivity contribution in [3.8, 4) is 5.75 Å². The summed E-state index contributed by atoms with van der Waals surface area (Å²) in [7, 11) is 0. The smallest absolute Gasteiger partial charge is 0.236 e. The maximum absolute atomic E-state index is 13.8. The van der Waals surface area contributed by atoms with Gasteiger partial charge in [0, 0.05) is 30.9 Å². The molecule has 1 amide bonds. The fourth-order valence-corrected chi connectivity index (χ4v) is 5.82. The highest BCUT2D eigenvalue weighted by Crippen LogP contribution is 2.50. The van der Waals surface area contributed by atoms with Crippen molar-refractivity contribution in [3.63, 3.8) is 0 Å². The molecule has 0 saturated carbocycles. The monoisotopic (exact) mass is 605 g/mol. The zero-order valence-electron chi connectivity index (χ0n) is 17.3. The third kappa shape index (κ3) is 4.03. The molecule has 2 bridgehead atoms. The highest BCUT2D eigenvalue weighted by molar-refractivity contribution is 9.10. The summed E-state index contributed by atoms with van der Waals surface area (Å²) >= 11 is 18.9. The van der Waals surface area contributed by atoms with Crippen LogP contribution in [0.15, 0.2) is 75.7 Å². The van der Waals surface area contributed by atoms with E-state index in [0.717, 1.165) is 20.2 Å². The number of benzene rings is 3. The average Bonchev–Trinajstić information content (AvgIpc) is 2.75. The van der Waals surface area contributed by atoms with Crippen molar-refractivity contribution < 1.29 is 9.53 Å². The summed E-state index contributed by atoms with van der Waals surface area (Å²) in [5, 5.41) is 7.53. The molecule has 33 heavy (non-hydrogen) atoms. The van der Waals surface area contributed by atoms with Gasteiger partial charge >= 0.3 is 0 Å². The van der Waals surface area contributed by atoms with E-state index in [-0.39, 0.29) is 11.9 Å². The molecule has 3 unspecified atom stereocenters. The topological polar surface area (TPSA) is 53.6 Å². The number of nitrogens with zero attached hydrogens (tertiary/aromatic N) is 1. The lowest BCUT2D eigenvalue weighted by atomic mass is 9.78. The molecule has 2 aliphatic rings. The molecule has 1 fully saturated rings. The molecule has 0 radical (unpaired) electrons. The van der Waals surface area contributed by atoms with E-state index >= 15 is 0 Å². The van der Waals surface area contributed by atoms with E-state index in [4.69, 9.17) is 28.6 Å². The van der Waals surface area contributed by atoms with Gasteiger partial charge in [-0.3, -0.25) is 9.69 Å². The number of hydrogen-bond acceptors (Lipinski definition) is 3. The molecule has 0 spiro atoms. The van der Waals surface area contributed by atoms with Gasteiger partial charge in [0.15, 0.2) is 10.8 Å². The molecule has 168 valence electrons. The van der Waals surface area contributed by atoms with E-state index < -0.39 is 11.6 Å². The van der Waals surface area contributed by atoms with Gasteiger partial charge in [0.05, 0.1) is 6.04 Å². The lowest BCUT2D eigenvalue weighted by Gasteiger charge is -2.56. The minimum atomic E-state index is -1.08. The number of carbonyl (C=O) groups excluding carboxylic acids is 1. The first-order valence-corrected chi connectivity index (χ1v) is 12.5. The molecule has 3 aromatic rings. The van der Waals surface area contributed by atoms with Crippen molar-refractivity contribution in [2.45, 2.75) is 18.7 Å². The van der Waals surface area contributed by atoms with Gasteiger partial charge in [-0.1, -0.05) is 49.5 Å². The number of thiocarbonyl (C=S) groups is 1. The molecule has 1 saturated heterocycles. The minimum Gasteiger partial charge on any atom is -0.467 e. The summed E-state index contributed by atoms with van der Waals surface area (Å²) in [5.74, 6) is -0.109. The summed E-state index contributed by atoms with van der Waals surface area (Å²) in [6.07, 6.45) is 0. The molecular weight excluding hydrogens is 590 g/mol. The van der Waals surface area contributed by atoms with E-state index in [9.17, 15) is 4.79 Å². The first kappa shape index (κ1) is 22.7. The van der Waals surface area contributed by atoms with Crippen LogP contribution in [-0.2, 0) is 4.79 Å². The van der Waals surface area contributed by atoms with Crippen molar-refractivity contribution in [2.24, 2.45) is 5.92 Å². The standard InChI is InChI=1S/C24H18Br2ClN3O2S/c1-24-20(22(31)28-16-8-6-15(27)7-9-16)21(18-12-14(26)5-10-19(18)32-24)29-23(33)30(24)17-4-2-3-13(25)11-17/h2-12,20-21H,1H3,(H,28,31)(H,29,33). The number of ether oxygens (including phenoxy) is 1. The first-order chi connectivity index (χ1) is 15.8. The van der Waals surface area contributed by atoms with Crippen molar-refractivity contribution in [1.29, 1.82) is 0 Å². The van der Waals surface area contributed by atoms with E-state index in [2.05, 4.69) is 42.5 Å². The maximum Gasteiger partial charge on any atom is 0.236 e. The SMILES string of the molecule is CC12Oc3ccc(Br)cc3C(NC(=S)N1c1cccc(Br)c1)C2C(=O)Nc1ccc(Cl)cc1. The summed E-state index contributed by atoms with van der Waals surface area (Å²) in [5.41, 5.74) is 1.26. The second-order valence-corrected chi connectivity index (χ2v) is 10.7. The summed E-state index contributed by atoms with van der Waals surface area (Å²) < 4.78 is 8.39. The molecule has 5 rings (SSSR count). The van der Waals surface area contributed by atoms with Gasteiger partial charge in [0.2, 0.25) is 5.91 Å². The number of nitrogens with one attached hydrogen (secondary N) is 2. The molecule has 3 atom stereocenters. The van der Waals surface area contributed by atoms with E-state index in [1.54, 1.807) is 24.3 Å². The van der Waals surface area contributed by atoms with Gasteiger partial charge in [0.1, 0.15) is 11.7 Å². The second kappa shape index (κ2) is 8.58. The number of carbonyl (C=O) groups is 1. The molecule has 9 heteroatoms. The lowest BCUT2D eigenvalue weighted by Crippen LogP contribution is -2.72. The lowest BCUT2D eigenvalue weighted by molar-refractivity contribution is -0.130. The number of anilines is 2. The van der Waals surface area contributed by atoms with Crippen LogP contribution in [0, 0.1) is 5.92 Å². The fourth-order valence-electron chi connectivity index (χ4n) is 4.51. The molecule has 2 aliphatic heterocycles. The van der Waals surface area contributed by atoms with Crippen LogP contribution >= 0.6 is 55.7 Å². The Morgan fingerprint density at radius 3 is 2.58 bits per heavy atom. The Bertz CT molecular complexity index is 1270. The van der Waals surface area contributed by atoms with Crippen molar-refractivity contribution in [1.82, 2.24) is 5.32 Å². The van der Waals surface area contributed by atoms with Gasteiger partial charge in [-0.05, 0) is 79.8 Å². The van der Waals surface area contributed by atoms with E-state index in [0.29, 0.717) is 21.6 Å². The Labute approximate surface area is 218 Å². The number of amides is 1. The molecule has 3 aromatic carbocycles. The predicted molar refractivity (Wildman–Crippen MR) is 142 cm³/mol. The third-order valence-corrected chi connectivity index (χ3v) is 7.46. The van der Waals surface area contributed by atoms with Crippen LogP contribution in [-0.4, -0.2) is 16.7 Å². The predicted octanol–water partition coefficient (Wildman–Crippen LogP) is 6.66. The van der Waals surface area contributed by atoms with Crippen LogP contribution in [0.3, 0.4) is 0 Å². The van der Waals surface area contributed by atoms with Crippen molar-refractivity contribution in [3.05, 3.63) is 86.3 Å². The van der Waals surface area contributed by atoms with Gasteiger partial charge in [-0.15, -0.1) is 0 Å². The first-order valence-electron chi connectivity index (χ1n) is 10.2. The Balaban J connectivity index is 1.63. The van der Waals surface area contributed by atoms with E-state index in [1.165, 1.54) is 0 Å². The van der Waals surface area contributed by atoms with Crippen LogP contribution in [0.2, 0.25) is 5.02 Å². The Hall–Kier alpha value is -2.13. The van der Waals surface area contributed by atoms with Crippen LogP contribution in [0.25, 0.3) is 0 Å². The Kier molecular flexibility index (Phi) is 5.89. The van der Waals surface area contributed by atoms with Crippen LogP contribution in [0.1, 0.15) is 18.5 Å². The van der Waals surface area contributed by atoms with Gasteiger partial charge < -0.3 is 15.4 Å². The summed E-state index contributed by atoms with van der Waals surface area (Å²) in [6, 6.07) is 20.2. The number of halogens is 3. The number of hydrogen-bond donors (Lipinski definition) is 2. The number of rotatable bonds is 3. The highest BCUT2D eigenvalue weighted by atomic mass is 79.9. The summed E-state index contributed by atoms with van der Waals surface area (Å²) in [6.45, 7) is 1.91. The van der Waals surface area contributed by atoms with Gasteiger partial charge in [-0.2, -0.15) is 0 Å². The average molecular weight is 608 g/mol. The Morgan fingerprint density at radius 2 is 1.85 bits per heavy atom. The molecule has 0 aliphatic carbocycles. The zero-order valence-corrected chi connectivity index (χ0v) is 22.1. The summed E-state index contributed by atoms with van der Waals surface area (Å²) in [4.78, 5) is 15.6. The van der Waals surface area contributed by atoms with Gasteiger partial charge in [0.25, 0.3) is 0 Å². The van der Waals surface area contributed by atoms with E-state index in [1.807, 2.05) is 54.3 Å². The fraction of sp³-hybridized carbons (Fsp3) is 0.167. The molecular formula is C24H18Br2ClN3O2S. The molecule has 5 nitrogen and oxygen atoms in total. The quantitative estimate of drug-likeness (QED) is 0.326. The molecule has 2 N–H and O–H groups in total. The van der Waals surface area contributed by atoms with Crippen molar-refractivity contribution in [2.75, 3.05) is 10.2 Å². The number of fused-ring (bicyclic) bond motifs is 4. The third-order valence-electron chi connectivity index (χ3n) is 5.92. The largest absolute Gasteiger partial charge is 0.467 e. The highest BCUT2D eigenvalue weighted by Gasteiger charge is 2.59. The van der Waals surface area contributed by atoms with Crippen LogP contribution < -0.4 is 20.3 Å². The van der Waals surface area contributed by atoms with Crippen molar-refractivity contribution >= 4 is 78.1 Å². The van der Waals surface area contributed by atoms with Gasteiger partial charge in [-0.25, -0.2) is 0 Å². The maximum atomic E-state index is 13.8. The molecule has 2 heterocycles. The minimum absolute atomic E-state index is 0.189. The second-order valence-electron chi connectivity index (χ2n) is 8.06. The molecule has 0 aromatic heterocycles. The Morgan fingerprint density at radius 1 is 1.12 bits per heavy atom.